The van der Waals surface area contributed by atoms with Gasteiger partial charge in [0, 0.05) is 17.4 Å². The number of fused-ring (bicyclic) bond motifs is 1. The van der Waals surface area contributed by atoms with E-state index in [0.717, 1.165) is 29.1 Å². The largest absolute Gasteiger partial charge is 0.454 e. The maximum Gasteiger partial charge on any atom is 0.246 e. The van der Waals surface area contributed by atoms with Crippen LogP contribution in [-0.2, 0) is 4.79 Å². The number of amides is 1. The van der Waals surface area contributed by atoms with Crippen LogP contribution in [0.3, 0.4) is 0 Å². The third-order valence-electron chi connectivity index (χ3n) is 4.51. The highest BCUT2D eigenvalue weighted by molar-refractivity contribution is 5.97. The molecule has 1 aliphatic rings. The zero-order chi connectivity index (χ0) is 17.8. The van der Waals surface area contributed by atoms with Crippen LogP contribution in [0.2, 0.25) is 0 Å². The highest BCUT2D eigenvalue weighted by atomic mass is 16.7. The summed E-state index contributed by atoms with van der Waals surface area (Å²) in [5.74, 6) is 1.74. The highest BCUT2D eigenvalue weighted by Gasteiger charge is 2.18. The smallest absolute Gasteiger partial charge is 0.246 e. The fourth-order valence-corrected chi connectivity index (χ4v) is 2.80. The lowest BCUT2D eigenvalue weighted by Crippen LogP contribution is -2.32. The van der Waals surface area contributed by atoms with Gasteiger partial charge in [0.2, 0.25) is 12.7 Å². The molecule has 0 spiro atoms. The number of benzene rings is 2. The van der Waals surface area contributed by atoms with Crippen molar-refractivity contribution in [3.8, 4) is 11.5 Å². The number of hydrogen-bond donors (Lipinski definition) is 2. The minimum Gasteiger partial charge on any atom is -0.454 e. The number of para-hydroxylation sites is 1. The predicted octanol–water partition coefficient (Wildman–Crippen LogP) is 4.37. The van der Waals surface area contributed by atoms with Crippen molar-refractivity contribution in [2.45, 2.75) is 39.2 Å². The Morgan fingerprint density at radius 2 is 1.88 bits per heavy atom. The number of nitrogens with one attached hydrogen (secondary N) is 2. The zero-order valence-electron chi connectivity index (χ0n) is 14.8. The predicted molar refractivity (Wildman–Crippen MR) is 99.4 cm³/mol. The Morgan fingerprint density at radius 1 is 1.12 bits per heavy atom. The van der Waals surface area contributed by atoms with E-state index in [9.17, 15) is 4.79 Å². The van der Waals surface area contributed by atoms with E-state index in [0.29, 0.717) is 11.7 Å². The summed E-state index contributed by atoms with van der Waals surface area (Å²) in [6.45, 7) is 6.39. The molecular formula is C20H24N2O3. The maximum atomic E-state index is 12.6. The summed E-state index contributed by atoms with van der Waals surface area (Å²) in [7, 11) is 0. The molecule has 0 saturated heterocycles. The van der Waals surface area contributed by atoms with Gasteiger partial charge in [-0.3, -0.25) is 4.79 Å². The van der Waals surface area contributed by atoms with E-state index < -0.39 is 0 Å². The van der Waals surface area contributed by atoms with Crippen molar-refractivity contribution in [1.82, 2.24) is 0 Å². The number of carbonyl (C=O) groups is 1. The summed E-state index contributed by atoms with van der Waals surface area (Å²) in [5, 5.41) is 6.25. The van der Waals surface area contributed by atoms with Crippen LogP contribution in [0.15, 0.2) is 42.5 Å². The van der Waals surface area contributed by atoms with Crippen molar-refractivity contribution in [2.75, 3.05) is 17.4 Å². The lowest BCUT2D eigenvalue weighted by Gasteiger charge is -2.19. The second kappa shape index (κ2) is 7.47. The number of carbonyl (C=O) groups excluding carboxylic acids is 1. The molecule has 25 heavy (non-hydrogen) atoms. The molecule has 1 aliphatic heterocycles. The van der Waals surface area contributed by atoms with E-state index in [1.165, 1.54) is 0 Å². The first-order valence-corrected chi connectivity index (χ1v) is 8.64. The van der Waals surface area contributed by atoms with Crippen molar-refractivity contribution < 1.29 is 14.3 Å². The second-order valence-electron chi connectivity index (χ2n) is 6.32. The molecule has 0 saturated carbocycles. The Balaban J connectivity index is 1.67. The van der Waals surface area contributed by atoms with Gasteiger partial charge in [-0.2, -0.15) is 0 Å². The highest BCUT2D eigenvalue weighted by Crippen LogP contribution is 2.34. The molecule has 0 bridgehead atoms. The number of hydrogen-bond acceptors (Lipinski definition) is 4. The first-order chi connectivity index (χ1) is 12.1. The van der Waals surface area contributed by atoms with Gasteiger partial charge in [-0.1, -0.05) is 32.0 Å². The summed E-state index contributed by atoms with van der Waals surface area (Å²) >= 11 is 0. The van der Waals surface area contributed by atoms with Gasteiger partial charge in [-0.15, -0.1) is 0 Å². The standard InChI is InChI=1S/C20H24N2O3/c1-4-13(2)16-7-5-6-8-17(16)22-20(23)14(3)21-15-9-10-18-19(11-15)25-12-24-18/h5-11,13-14,21H,4,12H2,1-3H3,(H,22,23)/t13-,14+/m0/s1. The van der Waals surface area contributed by atoms with Crippen LogP contribution in [0, 0.1) is 0 Å². The fourth-order valence-electron chi connectivity index (χ4n) is 2.80. The lowest BCUT2D eigenvalue weighted by atomic mass is 9.97. The molecule has 5 heteroatoms. The number of anilines is 2. The van der Waals surface area contributed by atoms with E-state index in [-0.39, 0.29) is 18.7 Å². The fraction of sp³-hybridized carbons (Fsp3) is 0.350. The number of ether oxygens (including phenoxy) is 2. The minimum absolute atomic E-state index is 0.0755. The molecule has 132 valence electrons. The molecule has 2 atom stereocenters. The average molecular weight is 340 g/mol. The maximum absolute atomic E-state index is 12.6. The summed E-state index contributed by atoms with van der Waals surface area (Å²) in [6.07, 6.45) is 1.03. The van der Waals surface area contributed by atoms with E-state index in [4.69, 9.17) is 9.47 Å². The molecule has 0 aromatic heterocycles. The lowest BCUT2D eigenvalue weighted by molar-refractivity contribution is -0.116. The molecule has 2 aromatic carbocycles. The van der Waals surface area contributed by atoms with Crippen molar-refractivity contribution in [2.24, 2.45) is 0 Å². The summed E-state index contributed by atoms with van der Waals surface area (Å²) in [4.78, 5) is 12.6. The third-order valence-corrected chi connectivity index (χ3v) is 4.51. The topological polar surface area (TPSA) is 59.6 Å². The van der Waals surface area contributed by atoms with Gasteiger partial charge >= 0.3 is 0 Å². The van der Waals surface area contributed by atoms with Crippen LogP contribution in [0.1, 0.15) is 38.7 Å². The molecule has 1 heterocycles. The third kappa shape index (κ3) is 3.87. The van der Waals surface area contributed by atoms with Gasteiger partial charge in [-0.25, -0.2) is 0 Å². The first kappa shape index (κ1) is 17.1. The van der Waals surface area contributed by atoms with E-state index in [2.05, 4.69) is 30.5 Å². The number of rotatable bonds is 6. The van der Waals surface area contributed by atoms with E-state index in [1.807, 2.05) is 43.3 Å². The normalized spacial score (nSPS) is 14.7. The van der Waals surface area contributed by atoms with Crippen molar-refractivity contribution in [3.05, 3.63) is 48.0 Å². The van der Waals surface area contributed by atoms with Gasteiger partial charge in [-0.05, 0) is 43.0 Å². The summed E-state index contributed by atoms with van der Waals surface area (Å²) < 4.78 is 10.7. The van der Waals surface area contributed by atoms with Crippen LogP contribution in [0.25, 0.3) is 0 Å². The summed E-state index contributed by atoms with van der Waals surface area (Å²) in [6, 6.07) is 13.2. The second-order valence-corrected chi connectivity index (χ2v) is 6.32. The molecule has 0 unspecified atom stereocenters. The molecule has 2 N–H and O–H groups in total. The van der Waals surface area contributed by atoms with Gasteiger partial charge in [0.15, 0.2) is 11.5 Å². The average Bonchev–Trinajstić information content (AvgIpc) is 3.09. The molecule has 0 fully saturated rings. The first-order valence-electron chi connectivity index (χ1n) is 8.64. The summed E-state index contributed by atoms with van der Waals surface area (Å²) in [5.41, 5.74) is 2.86. The van der Waals surface area contributed by atoms with Gasteiger partial charge in [0.05, 0.1) is 0 Å². The molecule has 0 aliphatic carbocycles. The molecule has 0 radical (unpaired) electrons. The molecule has 1 amide bonds. The monoisotopic (exact) mass is 340 g/mol. The van der Waals surface area contributed by atoms with Crippen molar-refractivity contribution >= 4 is 17.3 Å². The van der Waals surface area contributed by atoms with Gasteiger partial charge in [0.25, 0.3) is 0 Å². The van der Waals surface area contributed by atoms with Crippen molar-refractivity contribution in [3.63, 3.8) is 0 Å². The quantitative estimate of drug-likeness (QED) is 0.820. The van der Waals surface area contributed by atoms with Crippen LogP contribution in [0.4, 0.5) is 11.4 Å². The van der Waals surface area contributed by atoms with Gasteiger partial charge < -0.3 is 20.1 Å². The Morgan fingerprint density at radius 3 is 2.68 bits per heavy atom. The van der Waals surface area contributed by atoms with Crippen LogP contribution in [0.5, 0.6) is 11.5 Å². The zero-order valence-corrected chi connectivity index (χ0v) is 14.8. The van der Waals surface area contributed by atoms with Gasteiger partial charge in [0.1, 0.15) is 6.04 Å². The SMILES string of the molecule is CC[C@H](C)c1ccccc1NC(=O)[C@@H](C)Nc1ccc2c(c1)OCO2. The van der Waals surface area contributed by atoms with E-state index in [1.54, 1.807) is 0 Å². The minimum atomic E-state index is -0.384. The molecule has 2 aromatic rings. The van der Waals surface area contributed by atoms with Crippen molar-refractivity contribution in [1.29, 1.82) is 0 Å². The van der Waals surface area contributed by atoms with Crippen LogP contribution < -0.4 is 20.1 Å². The Bertz CT molecular complexity index is 760. The van der Waals surface area contributed by atoms with Crippen LogP contribution >= 0.6 is 0 Å². The molecule has 5 nitrogen and oxygen atoms in total. The molecule has 3 rings (SSSR count). The Hall–Kier alpha value is -2.69. The Kier molecular flexibility index (Phi) is 5.12. The van der Waals surface area contributed by atoms with Crippen LogP contribution in [-0.4, -0.2) is 18.7 Å². The Labute approximate surface area is 148 Å². The molecular weight excluding hydrogens is 316 g/mol. The van der Waals surface area contributed by atoms with E-state index >= 15 is 0 Å².